The standard InChI is InChI=1S/C70H126O6/c1-4-7-10-13-16-19-22-24-26-28-30-31-32-33-34-35-36-37-38-40-41-43-45-48-51-54-57-60-63-69(72)75-66-67(65-74-68(71)62-59-56-53-50-47-21-18-15-12-9-6-3)76-70(73)64-61-58-55-52-49-46-44-42-39-29-27-25-23-20-17-14-11-8-5-2/h8,11,15,17-18,20,25,27,39,42,67H,4-7,9-10,12-14,16,19,21-24,26,28-38,40-41,43-66H2,1-3H3/b11-8-,18-15-,20-17-,27-25-,42-39-. The monoisotopic (exact) mass is 1060 g/mol. The van der Waals surface area contributed by atoms with E-state index in [1.165, 1.54) is 205 Å². The van der Waals surface area contributed by atoms with Crippen molar-refractivity contribution in [2.45, 2.75) is 354 Å². The maximum atomic E-state index is 12.9. The van der Waals surface area contributed by atoms with Gasteiger partial charge in [-0.3, -0.25) is 14.4 Å². The molecular formula is C70H126O6. The summed E-state index contributed by atoms with van der Waals surface area (Å²) in [5.41, 5.74) is 0. The number of allylic oxidation sites excluding steroid dienone is 10. The zero-order valence-corrected chi connectivity index (χ0v) is 50.8. The van der Waals surface area contributed by atoms with Crippen molar-refractivity contribution in [1.82, 2.24) is 0 Å². The Labute approximate surface area is 472 Å². The van der Waals surface area contributed by atoms with Gasteiger partial charge in [-0.05, 0) is 77.0 Å². The highest BCUT2D eigenvalue weighted by Crippen LogP contribution is 2.18. The summed E-state index contributed by atoms with van der Waals surface area (Å²) in [4.78, 5) is 38.3. The van der Waals surface area contributed by atoms with Crippen molar-refractivity contribution >= 4 is 17.9 Å². The van der Waals surface area contributed by atoms with Crippen molar-refractivity contribution in [3.63, 3.8) is 0 Å². The summed E-state index contributed by atoms with van der Waals surface area (Å²) in [6.07, 6.45) is 82.5. The summed E-state index contributed by atoms with van der Waals surface area (Å²) in [6, 6.07) is 0. The fourth-order valence-corrected chi connectivity index (χ4v) is 9.77. The molecule has 0 rings (SSSR count). The van der Waals surface area contributed by atoms with Crippen LogP contribution in [0.1, 0.15) is 348 Å². The topological polar surface area (TPSA) is 78.9 Å². The first-order valence-electron chi connectivity index (χ1n) is 33.3. The van der Waals surface area contributed by atoms with Gasteiger partial charge in [0, 0.05) is 19.3 Å². The molecule has 76 heavy (non-hydrogen) atoms. The van der Waals surface area contributed by atoms with E-state index in [-0.39, 0.29) is 31.1 Å². The van der Waals surface area contributed by atoms with Crippen LogP contribution in [0.25, 0.3) is 0 Å². The number of hydrogen-bond donors (Lipinski definition) is 0. The lowest BCUT2D eigenvalue weighted by molar-refractivity contribution is -0.167. The van der Waals surface area contributed by atoms with E-state index in [0.29, 0.717) is 19.3 Å². The first-order chi connectivity index (χ1) is 37.5. The van der Waals surface area contributed by atoms with Gasteiger partial charge in [0.2, 0.25) is 0 Å². The van der Waals surface area contributed by atoms with Gasteiger partial charge in [0.25, 0.3) is 0 Å². The fourth-order valence-electron chi connectivity index (χ4n) is 9.77. The summed E-state index contributed by atoms with van der Waals surface area (Å²) in [6.45, 7) is 6.52. The zero-order chi connectivity index (χ0) is 55.0. The van der Waals surface area contributed by atoms with E-state index < -0.39 is 6.10 Å². The van der Waals surface area contributed by atoms with Crippen molar-refractivity contribution in [2.75, 3.05) is 13.2 Å². The van der Waals surface area contributed by atoms with E-state index >= 15 is 0 Å². The zero-order valence-electron chi connectivity index (χ0n) is 50.8. The minimum Gasteiger partial charge on any atom is -0.462 e. The SMILES string of the molecule is CC/C=C\C/C=C\C/C=C\C/C=C\CCCCCCCCC(=O)OC(COC(=O)CCCCCCC/C=C\CCCC)COC(=O)CCCCCCCCCCCCCCCCCCCCCCCCCCCCCC. The summed E-state index contributed by atoms with van der Waals surface area (Å²) in [7, 11) is 0. The van der Waals surface area contributed by atoms with Gasteiger partial charge in [-0.1, -0.05) is 313 Å². The molecular weight excluding hydrogens is 937 g/mol. The molecule has 0 aliphatic carbocycles. The highest BCUT2D eigenvalue weighted by atomic mass is 16.6. The molecule has 0 aliphatic rings. The van der Waals surface area contributed by atoms with Crippen molar-refractivity contribution in [2.24, 2.45) is 0 Å². The van der Waals surface area contributed by atoms with E-state index in [1.54, 1.807) is 0 Å². The van der Waals surface area contributed by atoms with Crippen LogP contribution in [0.5, 0.6) is 0 Å². The van der Waals surface area contributed by atoms with E-state index in [4.69, 9.17) is 14.2 Å². The molecule has 0 aromatic rings. The third-order valence-corrected chi connectivity index (χ3v) is 14.8. The van der Waals surface area contributed by atoms with Gasteiger partial charge >= 0.3 is 17.9 Å². The minimum atomic E-state index is -0.784. The van der Waals surface area contributed by atoms with Gasteiger partial charge in [-0.25, -0.2) is 0 Å². The first-order valence-corrected chi connectivity index (χ1v) is 33.3. The molecule has 6 nitrogen and oxygen atoms in total. The van der Waals surface area contributed by atoms with Crippen molar-refractivity contribution in [3.05, 3.63) is 60.8 Å². The average molecular weight is 1060 g/mol. The molecule has 442 valence electrons. The van der Waals surface area contributed by atoms with Crippen molar-refractivity contribution in [1.29, 1.82) is 0 Å². The Morgan fingerprint density at radius 3 is 0.855 bits per heavy atom. The number of esters is 3. The Morgan fingerprint density at radius 1 is 0.276 bits per heavy atom. The van der Waals surface area contributed by atoms with E-state index in [1.807, 2.05) is 0 Å². The first kappa shape index (κ1) is 73.1. The molecule has 0 aromatic carbocycles. The Balaban J connectivity index is 4.18. The minimum absolute atomic E-state index is 0.0798. The fraction of sp³-hybridized carbons (Fsp3) is 0.814. The van der Waals surface area contributed by atoms with Crippen LogP contribution in [-0.4, -0.2) is 37.2 Å². The van der Waals surface area contributed by atoms with Gasteiger partial charge in [0.05, 0.1) is 0 Å². The van der Waals surface area contributed by atoms with Crippen LogP contribution in [0.3, 0.4) is 0 Å². The quantitative estimate of drug-likeness (QED) is 0.0261. The molecule has 0 saturated heterocycles. The molecule has 0 amide bonds. The highest BCUT2D eigenvalue weighted by molar-refractivity contribution is 5.71. The summed E-state index contributed by atoms with van der Waals surface area (Å²) < 4.78 is 16.9. The molecule has 0 N–H and O–H groups in total. The largest absolute Gasteiger partial charge is 0.462 e. The van der Waals surface area contributed by atoms with E-state index in [0.717, 1.165) is 103 Å². The Kier molecular flexibility index (Phi) is 62.2. The second-order valence-electron chi connectivity index (χ2n) is 22.4. The highest BCUT2D eigenvalue weighted by Gasteiger charge is 2.19. The van der Waals surface area contributed by atoms with Crippen molar-refractivity contribution < 1.29 is 28.6 Å². The molecule has 0 saturated carbocycles. The van der Waals surface area contributed by atoms with E-state index in [2.05, 4.69) is 81.5 Å². The van der Waals surface area contributed by atoms with Crippen LogP contribution in [0.15, 0.2) is 60.8 Å². The van der Waals surface area contributed by atoms with Gasteiger partial charge in [-0.2, -0.15) is 0 Å². The Bertz CT molecular complexity index is 1360. The van der Waals surface area contributed by atoms with Crippen LogP contribution in [0.2, 0.25) is 0 Å². The number of carbonyl (C=O) groups excluding carboxylic acids is 3. The number of unbranched alkanes of at least 4 members (excludes halogenated alkanes) is 40. The van der Waals surface area contributed by atoms with Crippen LogP contribution in [0, 0.1) is 0 Å². The van der Waals surface area contributed by atoms with Crippen molar-refractivity contribution in [3.8, 4) is 0 Å². The molecule has 0 bridgehead atoms. The second-order valence-corrected chi connectivity index (χ2v) is 22.4. The lowest BCUT2D eigenvalue weighted by Gasteiger charge is -2.18. The van der Waals surface area contributed by atoms with Gasteiger partial charge in [0.1, 0.15) is 13.2 Å². The number of rotatable bonds is 61. The summed E-state index contributed by atoms with van der Waals surface area (Å²) in [5.74, 6) is -0.887. The number of ether oxygens (including phenoxy) is 3. The van der Waals surface area contributed by atoms with Gasteiger partial charge < -0.3 is 14.2 Å². The predicted molar refractivity (Wildman–Crippen MR) is 330 cm³/mol. The molecule has 0 heterocycles. The molecule has 0 aliphatic heterocycles. The molecule has 0 fully saturated rings. The lowest BCUT2D eigenvalue weighted by Crippen LogP contribution is -2.30. The molecule has 0 aromatic heterocycles. The normalized spacial score (nSPS) is 12.4. The molecule has 0 spiro atoms. The third kappa shape index (κ3) is 62.0. The average Bonchev–Trinajstić information content (AvgIpc) is 3.42. The van der Waals surface area contributed by atoms with Crippen LogP contribution in [0.4, 0.5) is 0 Å². The molecule has 6 heteroatoms. The second kappa shape index (κ2) is 64.6. The molecule has 1 unspecified atom stereocenters. The van der Waals surface area contributed by atoms with Gasteiger partial charge in [0.15, 0.2) is 6.10 Å². The Morgan fingerprint density at radius 2 is 0.526 bits per heavy atom. The summed E-state index contributed by atoms with van der Waals surface area (Å²) >= 11 is 0. The van der Waals surface area contributed by atoms with Crippen LogP contribution >= 0.6 is 0 Å². The maximum Gasteiger partial charge on any atom is 0.306 e. The predicted octanol–water partition coefficient (Wildman–Crippen LogP) is 22.7. The molecule has 0 radical (unpaired) electrons. The third-order valence-electron chi connectivity index (χ3n) is 14.8. The maximum absolute atomic E-state index is 12.9. The number of carbonyl (C=O) groups is 3. The molecule has 1 atom stereocenters. The number of hydrogen-bond acceptors (Lipinski definition) is 6. The van der Waals surface area contributed by atoms with Crippen LogP contribution in [-0.2, 0) is 28.6 Å². The van der Waals surface area contributed by atoms with Gasteiger partial charge in [-0.15, -0.1) is 0 Å². The van der Waals surface area contributed by atoms with E-state index in [9.17, 15) is 14.4 Å². The van der Waals surface area contributed by atoms with Crippen LogP contribution < -0.4 is 0 Å². The Hall–Kier alpha value is -2.89. The lowest BCUT2D eigenvalue weighted by atomic mass is 10.0. The summed E-state index contributed by atoms with van der Waals surface area (Å²) in [5, 5.41) is 0. The smallest absolute Gasteiger partial charge is 0.306 e.